The summed E-state index contributed by atoms with van der Waals surface area (Å²) in [5, 5.41) is 5.46. The topological polar surface area (TPSA) is 91.7 Å². The number of carbonyl (C=O) groups excluding carboxylic acids is 3. The van der Waals surface area contributed by atoms with Crippen LogP contribution in [-0.4, -0.2) is 24.3 Å². The maximum absolute atomic E-state index is 14.0. The van der Waals surface area contributed by atoms with Gasteiger partial charge in [0.15, 0.2) is 5.76 Å². The Hall–Kier alpha value is -4.01. The molecule has 0 radical (unpaired) electrons. The molecule has 7 nitrogen and oxygen atoms in total. The molecule has 1 aliphatic rings. The van der Waals surface area contributed by atoms with Gasteiger partial charge in [0.25, 0.3) is 5.91 Å². The van der Waals surface area contributed by atoms with Crippen molar-refractivity contribution in [3.05, 3.63) is 83.8 Å². The van der Waals surface area contributed by atoms with Gasteiger partial charge in [-0.3, -0.25) is 14.4 Å². The highest BCUT2D eigenvalue weighted by Crippen LogP contribution is 2.28. The van der Waals surface area contributed by atoms with Crippen LogP contribution >= 0.6 is 0 Å². The first kappa shape index (κ1) is 21.2. The summed E-state index contributed by atoms with van der Waals surface area (Å²) in [5.74, 6) is -3.13. The lowest BCUT2D eigenvalue weighted by molar-refractivity contribution is -0.126. The minimum absolute atomic E-state index is 0.0188. The van der Waals surface area contributed by atoms with Crippen LogP contribution in [0.25, 0.3) is 0 Å². The van der Waals surface area contributed by atoms with Crippen molar-refractivity contribution in [2.45, 2.75) is 13.0 Å². The first-order chi connectivity index (χ1) is 15.4. The van der Waals surface area contributed by atoms with Crippen LogP contribution in [-0.2, 0) is 16.1 Å². The number of rotatable bonds is 6. The molecule has 4 rings (SSSR count). The molecule has 9 heteroatoms. The Morgan fingerprint density at radius 3 is 2.56 bits per heavy atom. The van der Waals surface area contributed by atoms with Gasteiger partial charge in [-0.1, -0.05) is 12.1 Å². The predicted octanol–water partition coefficient (Wildman–Crippen LogP) is 3.48. The Bertz CT molecular complexity index is 1150. The van der Waals surface area contributed by atoms with Crippen molar-refractivity contribution in [2.24, 2.45) is 5.92 Å². The smallest absolute Gasteiger partial charge is 0.291 e. The molecular weight excluding hydrogens is 420 g/mol. The first-order valence-corrected chi connectivity index (χ1v) is 9.87. The lowest BCUT2D eigenvalue weighted by Gasteiger charge is -2.17. The van der Waals surface area contributed by atoms with E-state index in [-0.39, 0.29) is 42.8 Å². The van der Waals surface area contributed by atoms with Crippen molar-refractivity contribution < 1.29 is 27.6 Å². The fourth-order valence-electron chi connectivity index (χ4n) is 3.46. The molecule has 0 aliphatic carbocycles. The molecule has 3 aromatic rings. The van der Waals surface area contributed by atoms with E-state index in [1.54, 1.807) is 36.4 Å². The van der Waals surface area contributed by atoms with Gasteiger partial charge in [0, 0.05) is 31.3 Å². The van der Waals surface area contributed by atoms with E-state index in [1.807, 2.05) is 0 Å². The molecule has 0 spiro atoms. The highest BCUT2D eigenvalue weighted by molar-refractivity contribution is 6.02. The molecule has 1 unspecified atom stereocenters. The van der Waals surface area contributed by atoms with Crippen LogP contribution < -0.4 is 15.5 Å². The third-order valence-electron chi connectivity index (χ3n) is 5.12. The maximum atomic E-state index is 14.0. The normalized spacial score (nSPS) is 15.6. The largest absolute Gasteiger partial charge is 0.459 e. The van der Waals surface area contributed by atoms with Gasteiger partial charge in [-0.2, -0.15) is 0 Å². The summed E-state index contributed by atoms with van der Waals surface area (Å²) >= 11 is 0. The Labute approximate surface area is 182 Å². The molecule has 1 atom stereocenters. The number of amides is 3. The molecule has 2 heterocycles. The van der Waals surface area contributed by atoms with Crippen LogP contribution in [0, 0.1) is 17.6 Å². The molecule has 0 bridgehead atoms. The summed E-state index contributed by atoms with van der Waals surface area (Å²) in [7, 11) is 0. The Morgan fingerprint density at radius 2 is 1.88 bits per heavy atom. The van der Waals surface area contributed by atoms with Gasteiger partial charge in [-0.25, -0.2) is 8.78 Å². The monoisotopic (exact) mass is 439 g/mol. The second-order valence-electron chi connectivity index (χ2n) is 7.35. The lowest BCUT2D eigenvalue weighted by Crippen LogP contribution is -2.32. The molecule has 0 saturated carbocycles. The van der Waals surface area contributed by atoms with Gasteiger partial charge >= 0.3 is 0 Å². The van der Waals surface area contributed by atoms with Crippen LogP contribution in [0.3, 0.4) is 0 Å². The Kier molecular flexibility index (Phi) is 5.98. The van der Waals surface area contributed by atoms with Gasteiger partial charge in [0.2, 0.25) is 11.8 Å². The molecule has 2 aromatic carbocycles. The Morgan fingerprint density at radius 1 is 1.09 bits per heavy atom. The van der Waals surface area contributed by atoms with E-state index in [1.165, 1.54) is 12.3 Å². The summed E-state index contributed by atoms with van der Waals surface area (Å²) < 4.78 is 32.2. The summed E-state index contributed by atoms with van der Waals surface area (Å²) in [6, 6.07) is 13.0. The zero-order valence-electron chi connectivity index (χ0n) is 16.8. The molecule has 1 aromatic heterocycles. The average Bonchev–Trinajstić information content (AvgIpc) is 3.43. The molecule has 2 N–H and O–H groups in total. The van der Waals surface area contributed by atoms with Crippen molar-refractivity contribution in [3.63, 3.8) is 0 Å². The van der Waals surface area contributed by atoms with Crippen molar-refractivity contribution in [2.75, 3.05) is 16.8 Å². The minimum atomic E-state index is -0.848. The van der Waals surface area contributed by atoms with E-state index in [4.69, 9.17) is 4.42 Å². The quantitative estimate of drug-likeness (QED) is 0.615. The van der Waals surface area contributed by atoms with Crippen molar-refractivity contribution in [1.29, 1.82) is 0 Å². The van der Waals surface area contributed by atoms with E-state index in [2.05, 4.69) is 10.6 Å². The molecule has 164 valence electrons. The van der Waals surface area contributed by atoms with Gasteiger partial charge in [-0.15, -0.1) is 0 Å². The summed E-state index contributed by atoms with van der Waals surface area (Å²) in [5.41, 5.74) is 1.32. The number of halogens is 2. The van der Waals surface area contributed by atoms with Gasteiger partial charge in [-0.05, 0) is 42.0 Å². The highest BCUT2D eigenvalue weighted by Gasteiger charge is 2.36. The summed E-state index contributed by atoms with van der Waals surface area (Å²) in [6.07, 6.45) is 1.36. The Balaban J connectivity index is 1.31. The van der Waals surface area contributed by atoms with E-state index in [9.17, 15) is 23.2 Å². The molecule has 1 saturated heterocycles. The second kappa shape index (κ2) is 9.01. The number of carbonyl (C=O) groups is 3. The summed E-state index contributed by atoms with van der Waals surface area (Å²) in [6.45, 7) is 0.242. The average molecular weight is 439 g/mol. The first-order valence-electron chi connectivity index (χ1n) is 9.87. The number of nitrogens with one attached hydrogen (secondary N) is 2. The van der Waals surface area contributed by atoms with Crippen LogP contribution in [0.15, 0.2) is 65.3 Å². The fraction of sp³-hybridized carbons (Fsp3) is 0.174. The van der Waals surface area contributed by atoms with Gasteiger partial charge < -0.3 is 20.0 Å². The third kappa shape index (κ3) is 4.66. The van der Waals surface area contributed by atoms with Crippen LogP contribution in [0.2, 0.25) is 0 Å². The maximum Gasteiger partial charge on any atom is 0.291 e. The zero-order chi connectivity index (χ0) is 22.7. The number of furan rings is 1. The highest BCUT2D eigenvalue weighted by atomic mass is 19.1. The SMILES string of the molecule is O=C(Nc1ccc(CNC(=O)C2CC(=O)N(c3ccc(F)cc3F)C2)cc1)c1ccco1. The molecular formula is C23H19F2N3O4. The standard InChI is InChI=1S/C23H19F2N3O4/c24-16-5-8-19(18(25)11-16)28-13-15(10-21(28)29)22(30)26-12-14-3-6-17(7-4-14)27-23(31)20-2-1-9-32-20/h1-9,11,15H,10,12-13H2,(H,26,30)(H,27,31). The van der Waals surface area contributed by atoms with Crippen molar-refractivity contribution in [1.82, 2.24) is 5.32 Å². The molecule has 1 aliphatic heterocycles. The molecule has 32 heavy (non-hydrogen) atoms. The number of anilines is 2. The molecule has 1 fully saturated rings. The minimum Gasteiger partial charge on any atom is -0.459 e. The van der Waals surface area contributed by atoms with Crippen LogP contribution in [0.5, 0.6) is 0 Å². The van der Waals surface area contributed by atoms with Crippen LogP contribution in [0.4, 0.5) is 20.2 Å². The van der Waals surface area contributed by atoms with E-state index in [0.29, 0.717) is 11.8 Å². The zero-order valence-corrected chi connectivity index (χ0v) is 16.8. The number of hydrogen-bond donors (Lipinski definition) is 2. The number of hydrogen-bond acceptors (Lipinski definition) is 4. The van der Waals surface area contributed by atoms with Crippen molar-refractivity contribution >= 4 is 29.1 Å². The third-order valence-corrected chi connectivity index (χ3v) is 5.12. The number of benzene rings is 2. The second-order valence-corrected chi connectivity index (χ2v) is 7.35. The van der Waals surface area contributed by atoms with E-state index < -0.39 is 23.5 Å². The van der Waals surface area contributed by atoms with Gasteiger partial charge in [0.1, 0.15) is 11.6 Å². The van der Waals surface area contributed by atoms with Gasteiger partial charge in [0.05, 0.1) is 17.9 Å². The van der Waals surface area contributed by atoms with Crippen LogP contribution in [0.1, 0.15) is 22.5 Å². The molecule has 3 amide bonds. The van der Waals surface area contributed by atoms with E-state index in [0.717, 1.165) is 16.5 Å². The van der Waals surface area contributed by atoms with E-state index >= 15 is 0 Å². The number of nitrogens with zero attached hydrogens (tertiary/aromatic N) is 1. The van der Waals surface area contributed by atoms with Crippen molar-refractivity contribution in [3.8, 4) is 0 Å². The predicted molar refractivity (Wildman–Crippen MR) is 112 cm³/mol. The lowest BCUT2D eigenvalue weighted by atomic mass is 10.1. The fourth-order valence-corrected chi connectivity index (χ4v) is 3.46. The summed E-state index contributed by atoms with van der Waals surface area (Å²) in [4.78, 5) is 37.9.